The average Bonchev–Trinajstić information content (AvgIpc) is 2.45. The van der Waals surface area contributed by atoms with Crippen molar-refractivity contribution in [2.24, 2.45) is 5.73 Å². The molecule has 1 aromatic heterocycles. The molecule has 1 aliphatic heterocycles. The van der Waals surface area contributed by atoms with Crippen LogP contribution in [0.15, 0.2) is 11.1 Å². The maximum absolute atomic E-state index is 14.4. The van der Waals surface area contributed by atoms with E-state index in [9.17, 15) is 26.9 Å². The highest BCUT2D eigenvalue weighted by Gasteiger charge is 2.50. The van der Waals surface area contributed by atoms with E-state index in [-0.39, 0.29) is 22.6 Å². The average molecular weight is 399 g/mol. The number of aromatic nitrogens is 1. The molecule has 11 heteroatoms. The molecule has 2 atom stereocenters. The van der Waals surface area contributed by atoms with Gasteiger partial charge in [-0.1, -0.05) is 0 Å². The number of carbonyl (C=O) groups is 1. The van der Waals surface area contributed by atoms with E-state index in [1.165, 1.54) is 0 Å². The van der Waals surface area contributed by atoms with E-state index in [0.29, 0.717) is 0 Å². The minimum absolute atomic E-state index is 0.0499. The molecule has 1 aliphatic rings. The molecule has 25 heavy (non-hydrogen) atoms. The van der Waals surface area contributed by atoms with Gasteiger partial charge in [-0.05, 0) is 27.2 Å². The number of hydrogen-bond acceptors (Lipinski definition) is 5. The molecular weight excluding hydrogens is 382 g/mol. The van der Waals surface area contributed by atoms with Crippen molar-refractivity contribution in [2.45, 2.75) is 48.5 Å². The number of primary amides is 1. The van der Waals surface area contributed by atoms with Gasteiger partial charge in [-0.25, -0.2) is 9.37 Å². The van der Waals surface area contributed by atoms with Crippen LogP contribution in [0, 0.1) is 5.82 Å². The zero-order chi connectivity index (χ0) is 19.2. The van der Waals surface area contributed by atoms with Crippen LogP contribution in [0.2, 0.25) is 0 Å². The van der Waals surface area contributed by atoms with Crippen molar-refractivity contribution < 1.29 is 26.9 Å². The van der Waals surface area contributed by atoms with Gasteiger partial charge in [0.15, 0.2) is 17.1 Å². The van der Waals surface area contributed by atoms with Gasteiger partial charge < -0.3 is 10.3 Å². The van der Waals surface area contributed by atoms with E-state index in [0.717, 1.165) is 18.0 Å². The number of fused-ring (bicyclic) bond motifs is 1. The SMILES string of the molecule is CC(C)(C)[S@+]([O-])N[C@@]1(C(N)=O)CCSc2c1cnc(C(F)(F)F)c2F. The number of nitrogens with two attached hydrogens (primary N) is 1. The second kappa shape index (κ2) is 6.60. The molecule has 140 valence electrons. The lowest BCUT2D eigenvalue weighted by atomic mass is 9.88. The molecule has 0 aliphatic carbocycles. The molecule has 1 aromatic rings. The van der Waals surface area contributed by atoms with E-state index in [4.69, 9.17) is 5.73 Å². The molecule has 0 unspecified atom stereocenters. The number of thioether (sulfide) groups is 1. The molecule has 5 nitrogen and oxygen atoms in total. The first-order chi connectivity index (χ1) is 11.3. The molecule has 0 fully saturated rings. The van der Waals surface area contributed by atoms with Gasteiger partial charge in [0.1, 0.15) is 4.75 Å². The van der Waals surface area contributed by atoms with Gasteiger partial charge >= 0.3 is 6.18 Å². The minimum atomic E-state index is -4.96. The third-order valence-corrected chi connectivity index (χ3v) is 6.41. The Kier molecular flexibility index (Phi) is 5.35. The Hall–Kier alpha value is -1.04. The fourth-order valence-corrected chi connectivity index (χ4v) is 4.43. The summed E-state index contributed by atoms with van der Waals surface area (Å²) in [6, 6.07) is 0. The van der Waals surface area contributed by atoms with Gasteiger partial charge in [-0.15, -0.1) is 16.5 Å². The fourth-order valence-electron chi connectivity index (χ4n) is 2.28. The molecule has 0 spiro atoms. The molecule has 0 bridgehead atoms. The minimum Gasteiger partial charge on any atom is -0.598 e. The Labute approximate surface area is 149 Å². The van der Waals surface area contributed by atoms with Gasteiger partial charge in [-0.3, -0.25) is 4.79 Å². The molecule has 0 saturated heterocycles. The van der Waals surface area contributed by atoms with Crippen LogP contribution >= 0.6 is 11.8 Å². The van der Waals surface area contributed by atoms with Crippen LogP contribution in [-0.4, -0.2) is 25.9 Å². The lowest BCUT2D eigenvalue weighted by molar-refractivity contribution is -0.144. The smallest absolute Gasteiger partial charge is 0.436 e. The summed E-state index contributed by atoms with van der Waals surface area (Å²) in [6.07, 6.45) is -4.13. The predicted molar refractivity (Wildman–Crippen MR) is 86.4 cm³/mol. The van der Waals surface area contributed by atoms with Gasteiger partial charge in [-0.2, -0.15) is 13.2 Å². The van der Waals surface area contributed by atoms with E-state index >= 15 is 0 Å². The quantitative estimate of drug-likeness (QED) is 0.602. The number of halogens is 4. The largest absolute Gasteiger partial charge is 0.598 e. The number of carbonyl (C=O) groups excluding carboxylic acids is 1. The molecule has 3 N–H and O–H groups in total. The number of pyridine rings is 1. The fraction of sp³-hybridized carbons (Fsp3) is 0.571. The first kappa shape index (κ1) is 20.3. The third-order valence-electron chi connectivity index (χ3n) is 3.67. The first-order valence-corrected chi connectivity index (χ1v) is 9.33. The van der Waals surface area contributed by atoms with E-state index in [1.807, 2.05) is 0 Å². The van der Waals surface area contributed by atoms with Gasteiger partial charge in [0.25, 0.3) is 0 Å². The van der Waals surface area contributed by atoms with Crippen LogP contribution in [-0.2, 0) is 27.9 Å². The number of rotatable bonds is 3. The Bertz CT molecular complexity index is 694. The Morgan fingerprint density at radius 3 is 2.52 bits per heavy atom. The van der Waals surface area contributed by atoms with Crippen LogP contribution < -0.4 is 10.5 Å². The standard InChI is InChI=1S/C14H17F4N3O2S2/c1-12(2,3)25(23)21-13(11(19)22)4-5-24-9-7(13)6-20-10(8(9)15)14(16,17)18/h6,21H,4-5H2,1-3H3,(H2,19,22)/t13-,25-/m0/s1. The summed E-state index contributed by atoms with van der Waals surface area (Å²) in [5.41, 5.74) is 1.93. The van der Waals surface area contributed by atoms with Crippen LogP contribution in [0.5, 0.6) is 0 Å². The zero-order valence-corrected chi connectivity index (χ0v) is 15.3. The van der Waals surface area contributed by atoms with E-state index in [1.54, 1.807) is 20.8 Å². The molecule has 2 rings (SSSR count). The summed E-state index contributed by atoms with van der Waals surface area (Å²) in [7, 11) is 0. The maximum atomic E-state index is 14.4. The topological polar surface area (TPSA) is 91.1 Å². The lowest BCUT2D eigenvalue weighted by Crippen LogP contribution is -2.59. The van der Waals surface area contributed by atoms with E-state index in [2.05, 4.69) is 9.71 Å². The highest BCUT2D eigenvalue weighted by atomic mass is 32.2. The van der Waals surface area contributed by atoms with Crippen molar-refractivity contribution in [1.29, 1.82) is 0 Å². The Balaban J connectivity index is 2.61. The molecule has 0 saturated carbocycles. The van der Waals surface area contributed by atoms with Crippen LogP contribution in [0.1, 0.15) is 38.4 Å². The van der Waals surface area contributed by atoms with Gasteiger partial charge in [0, 0.05) is 28.9 Å². The summed E-state index contributed by atoms with van der Waals surface area (Å²) in [5.74, 6) is -2.38. The molecule has 0 radical (unpaired) electrons. The number of amides is 1. The first-order valence-electron chi connectivity index (χ1n) is 7.19. The highest BCUT2D eigenvalue weighted by molar-refractivity contribution is 7.99. The second-order valence-electron chi connectivity index (χ2n) is 6.51. The number of nitrogens with one attached hydrogen (secondary N) is 1. The Morgan fingerprint density at radius 2 is 2.04 bits per heavy atom. The van der Waals surface area contributed by atoms with Gasteiger partial charge in [0.05, 0.1) is 4.90 Å². The predicted octanol–water partition coefficient (Wildman–Crippen LogP) is 2.47. The summed E-state index contributed by atoms with van der Waals surface area (Å²) < 4.78 is 67.3. The number of nitrogens with zero attached hydrogens (tertiary/aromatic N) is 1. The summed E-state index contributed by atoms with van der Waals surface area (Å²) in [6.45, 7) is 4.94. The lowest BCUT2D eigenvalue weighted by Gasteiger charge is -2.38. The Morgan fingerprint density at radius 1 is 1.44 bits per heavy atom. The van der Waals surface area contributed by atoms with E-state index < -0.39 is 45.2 Å². The van der Waals surface area contributed by atoms with Crippen LogP contribution in [0.4, 0.5) is 17.6 Å². The molecule has 1 amide bonds. The van der Waals surface area contributed by atoms with Crippen molar-refractivity contribution >= 4 is 29.0 Å². The number of alkyl halides is 3. The number of hydrogen-bond donors (Lipinski definition) is 2. The van der Waals surface area contributed by atoms with Crippen molar-refractivity contribution in [3.63, 3.8) is 0 Å². The normalized spacial score (nSPS) is 22.4. The van der Waals surface area contributed by atoms with Crippen LogP contribution in [0.3, 0.4) is 0 Å². The van der Waals surface area contributed by atoms with Crippen LogP contribution in [0.25, 0.3) is 0 Å². The maximum Gasteiger partial charge on any atom is 0.436 e. The van der Waals surface area contributed by atoms with Crippen molar-refractivity contribution in [1.82, 2.24) is 9.71 Å². The summed E-state index contributed by atoms with van der Waals surface area (Å²) in [5, 5.41) is 0. The summed E-state index contributed by atoms with van der Waals surface area (Å²) in [4.78, 5) is 14.9. The van der Waals surface area contributed by atoms with Crippen molar-refractivity contribution in [3.05, 3.63) is 23.3 Å². The zero-order valence-electron chi connectivity index (χ0n) is 13.7. The molecular formula is C14H17F4N3O2S2. The molecule has 0 aromatic carbocycles. The van der Waals surface area contributed by atoms with Crippen molar-refractivity contribution in [2.75, 3.05) is 5.75 Å². The third kappa shape index (κ3) is 3.74. The van der Waals surface area contributed by atoms with Gasteiger partial charge in [0.2, 0.25) is 5.91 Å². The monoisotopic (exact) mass is 399 g/mol. The summed E-state index contributed by atoms with van der Waals surface area (Å²) >= 11 is -0.926. The molecule has 2 heterocycles. The van der Waals surface area contributed by atoms with Crippen molar-refractivity contribution in [3.8, 4) is 0 Å². The highest BCUT2D eigenvalue weighted by Crippen LogP contribution is 2.44. The second-order valence-corrected chi connectivity index (χ2v) is 9.58.